The van der Waals surface area contributed by atoms with Crippen LogP contribution in [0.3, 0.4) is 0 Å². The van der Waals surface area contributed by atoms with Gasteiger partial charge in [-0.1, -0.05) is 25.8 Å². The third-order valence-electron chi connectivity index (χ3n) is 2.81. The van der Waals surface area contributed by atoms with Crippen LogP contribution in [0.4, 0.5) is 0 Å². The van der Waals surface area contributed by atoms with E-state index in [9.17, 15) is 4.79 Å². The molecule has 0 radical (unpaired) electrons. The summed E-state index contributed by atoms with van der Waals surface area (Å²) in [5.74, 6) is -0.0500. The fourth-order valence-electron chi connectivity index (χ4n) is 2.09. The maximum Gasteiger partial charge on any atom is 0.246 e. The van der Waals surface area contributed by atoms with Crippen molar-refractivity contribution in [3.63, 3.8) is 0 Å². The zero-order valence-corrected chi connectivity index (χ0v) is 8.61. The molecule has 0 aromatic rings. The largest absolute Gasteiger partial charge is 0.395 e. The summed E-state index contributed by atoms with van der Waals surface area (Å²) in [6.07, 6.45) is 7.13. The second-order valence-corrected chi connectivity index (χ2v) is 3.75. The minimum atomic E-state index is -0.0500. The lowest BCUT2D eigenvalue weighted by molar-refractivity contribution is -0.129. The molecule has 80 valence electrons. The van der Waals surface area contributed by atoms with Crippen molar-refractivity contribution in [2.45, 2.75) is 38.1 Å². The summed E-state index contributed by atoms with van der Waals surface area (Å²) in [5, 5.41) is 8.88. The average Bonchev–Trinajstić information content (AvgIpc) is 2.26. The first-order valence-corrected chi connectivity index (χ1v) is 5.33. The van der Waals surface area contributed by atoms with Crippen LogP contribution in [0.15, 0.2) is 12.7 Å². The van der Waals surface area contributed by atoms with Crippen molar-refractivity contribution in [1.82, 2.24) is 4.90 Å². The van der Waals surface area contributed by atoms with Crippen LogP contribution in [0.1, 0.15) is 32.1 Å². The molecule has 1 rings (SSSR count). The summed E-state index contributed by atoms with van der Waals surface area (Å²) in [6, 6.07) is 0.321. The predicted octanol–water partition coefficient (Wildman–Crippen LogP) is 1.33. The lowest BCUT2D eigenvalue weighted by atomic mass is 9.94. The van der Waals surface area contributed by atoms with Crippen LogP contribution in [0, 0.1) is 0 Å². The van der Waals surface area contributed by atoms with E-state index in [2.05, 4.69) is 6.58 Å². The van der Waals surface area contributed by atoms with Crippen LogP contribution in [0.5, 0.6) is 0 Å². The molecule has 3 heteroatoms. The van der Waals surface area contributed by atoms with Crippen LogP contribution in [-0.4, -0.2) is 35.1 Å². The normalized spacial score (nSPS) is 17.8. The quantitative estimate of drug-likeness (QED) is 0.691. The zero-order valence-electron chi connectivity index (χ0n) is 8.61. The number of amides is 1. The van der Waals surface area contributed by atoms with Crippen molar-refractivity contribution < 1.29 is 9.90 Å². The van der Waals surface area contributed by atoms with Gasteiger partial charge in [-0.05, 0) is 18.9 Å². The molecule has 0 unspecified atom stereocenters. The number of aliphatic hydroxyl groups excluding tert-OH is 1. The van der Waals surface area contributed by atoms with Gasteiger partial charge in [0, 0.05) is 12.6 Å². The Bertz CT molecular complexity index is 197. The van der Waals surface area contributed by atoms with Gasteiger partial charge in [0.1, 0.15) is 0 Å². The third-order valence-corrected chi connectivity index (χ3v) is 2.81. The monoisotopic (exact) mass is 197 g/mol. The van der Waals surface area contributed by atoms with Crippen molar-refractivity contribution in [3.8, 4) is 0 Å². The van der Waals surface area contributed by atoms with E-state index in [1.807, 2.05) is 0 Å². The second-order valence-electron chi connectivity index (χ2n) is 3.75. The minimum Gasteiger partial charge on any atom is -0.395 e. The highest BCUT2D eigenvalue weighted by Gasteiger charge is 2.22. The molecule has 1 fully saturated rings. The molecule has 14 heavy (non-hydrogen) atoms. The maximum absolute atomic E-state index is 11.5. The van der Waals surface area contributed by atoms with Gasteiger partial charge in [0.15, 0.2) is 0 Å². The highest BCUT2D eigenvalue weighted by atomic mass is 16.3. The standard InChI is InChI=1S/C11H19NO2/c1-2-11(14)12(8-9-13)10-6-4-3-5-7-10/h2,10,13H,1,3-9H2. The van der Waals surface area contributed by atoms with E-state index in [1.165, 1.54) is 25.3 Å². The first-order chi connectivity index (χ1) is 6.79. The third kappa shape index (κ3) is 2.84. The maximum atomic E-state index is 11.5. The van der Waals surface area contributed by atoms with Crippen molar-refractivity contribution in [2.75, 3.05) is 13.2 Å². The molecule has 0 aromatic heterocycles. The lowest BCUT2D eigenvalue weighted by Crippen LogP contribution is -2.42. The molecule has 1 saturated carbocycles. The Balaban J connectivity index is 2.55. The molecule has 1 aliphatic carbocycles. The molecule has 0 aliphatic heterocycles. The SMILES string of the molecule is C=CC(=O)N(CCO)C1CCCCC1. The Kier molecular flexibility index (Phi) is 4.66. The van der Waals surface area contributed by atoms with Gasteiger partial charge in [0.25, 0.3) is 0 Å². The first-order valence-electron chi connectivity index (χ1n) is 5.33. The smallest absolute Gasteiger partial charge is 0.246 e. The van der Waals surface area contributed by atoms with E-state index < -0.39 is 0 Å². The van der Waals surface area contributed by atoms with E-state index in [-0.39, 0.29) is 12.5 Å². The fourth-order valence-corrected chi connectivity index (χ4v) is 2.09. The molecule has 0 bridgehead atoms. The molecule has 0 heterocycles. The Morgan fingerprint density at radius 2 is 2.07 bits per heavy atom. The Morgan fingerprint density at radius 3 is 2.57 bits per heavy atom. The van der Waals surface area contributed by atoms with Gasteiger partial charge in [0.2, 0.25) is 5.91 Å². The van der Waals surface area contributed by atoms with E-state index in [1.54, 1.807) is 4.90 Å². The predicted molar refractivity (Wildman–Crippen MR) is 55.9 cm³/mol. The number of nitrogens with zero attached hydrogens (tertiary/aromatic N) is 1. The van der Waals surface area contributed by atoms with Crippen LogP contribution in [-0.2, 0) is 4.79 Å². The number of hydrogen-bond donors (Lipinski definition) is 1. The Hall–Kier alpha value is -0.830. The molecule has 3 nitrogen and oxygen atoms in total. The zero-order chi connectivity index (χ0) is 10.4. The summed E-state index contributed by atoms with van der Waals surface area (Å²) in [6.45, 7) is 3.96. The molecule has 1 aliphatic rings. The van der Waals surface area contributed by atoms with Crippen LogP contribution < -0.4 is 0 Å². The number of aliphatic hydroxyl groups is 1. The molecule has 1 N–H and O–H groups in total. The first kappa shape index (κ1) is 11.2. The highest BCUT2D eigenvalue weighted by Crippen LogP contribution is 2.22. The van der Waals surface area contributed by atoms with E-state index in [0.29, 0.717) is 12.6 Å². The molecule has 0 aromatic carbocycles. The molecule has 0 spiro atoms. The minimum absolute atomic E-state index is 0.0378. The summed E-state index contributed by atoms with van der Waals surface area (Å²) < 4.78 is 0. The number of rotatable bonds is 4. The van der Waals surface area contributed by atoms with Crippen molar-refractivity contribution in [2.24, 2.45) is 0 Å². The molecular formula is C11H19NO2. The van der Waals surface area contributed by atoms with Crippen molar-refractivity contribution in [3.05, 3.63) is 12.7 Å². The summed E-state index contributed by atoms with van der Waals surface area (Å²) >= 11 is 0. The number of hydrogen-bond acceptors (Lipinski definition) is 2. The van der Waals surface area contributed by atoms with Gasteiger partial charge in [-0.3, -0.25) is 4.79 Å². The molecule has 1 amide bonds. The molecular weight excluding hydrogens is 178 g/mol. The second kappa shape index (κ2) is 5.81. The van der Waals surface area contributed by atoms with E-state index in [4.69, 9.17) is 5.11 Å². The van der Waals surface area contributed by atoms with Crippen LogP contribution >= 0.6 is 0 Å². The van der Waals surface area contributed by atoms with Crippen molar-refractivity contribution in [1.29, 1.82) is 0 Å². The molecule has 0 saturated heterocycles. The van der Waals surface area contributed by atoms with E-state index in [0.717, 1.165) is 12.8 Å². The average molecular weight is 197 g/mol. The summed E-state index contributed by atoms with van der Waals surface area (Å²) in [5.41, 5.74) is 0. The Morgan fingerprint density at radius 1 is 1.43 bits per heavy atom. The Labute approximate surface area is 85.4 Å². The lowest BCUT2D eigenvalue weighted by Gasteiger charge is -2.33. The van der Waals surface area contributed by atoms with Gasteiger partial charge in [-0.25, -0.2) is 0 Å². The summed E-state index contributed by atoms with van der Waals surface area (Å²) in [7, 11) is 0. The number of carbonyl (C=O) groups excluding carboxylic acids is 1. The van der Waals surface area contributed by atoms with Crippen LogP contribution in [0.25, 0.3) is 0 Å². The van der Waals surface area contributed by atoms with Crippen LogP contribution in [0.2, 0.25) is 0 Å². The van der Waals surface area contributed by atoms with Gasteiger partial charge in [-0.15, -0.1) is 0 Å². The fraction of sp³-hybridized carbons (Fsp3) is 0.727. The van der Waals surface area contributed by atoms with Gasteiger partial charge >= 0.3 is 0 Å². The van der Waals surface area contributed by atoms with Gasteiger partial charge < -0.3 is 10.0 Å². The molecule has 0 atom stereocenters. The highest BCUT2D eigenvalue weighted by molar-refractivity contribution is 5.87. The van der Waals surface area contributed by atoms with Gasteiger partial charge in [-0.2, -0.15) is 0 Å². The summed E-state index contributed by atoms with van der Waals surface area (Å²) in [4.78, 5) is 13.3. The topological polar surface area (TPSA) is 40.5 Å². The van der Waals surface area contributed by atoms with Crippen molar-refractivity contribution >= 4 is 5.91 Å². The number of carbonyl (C=O) groups is 1. The van der Waals surface area contributed by atoms with Gasteiger partial charge in [0.05, 0.1) is 6.61 Å². The van der Waals surface area contributed by atoms with E-state index >= 15 is 0 Å².